The zero-order chi connectivity index (χ0) is 13.1. The third kappa shape index (κ3) is 2.17. The highest BCUT2D eigenvalue weighted by atomic mass is 35.5. The highest BCUT2D eigenvalue weighted by Crippen LogP contribution is 2.31. The van der Waals surface area contributed by atoms with Gasteiger partial charge in [0, 0.05) is 0 Å². The molecule has 0 saturated carbocycles. The van der Waals surface area contributed by atoms with Crippen molar-refractivity contribution in [3.8, 4) is 17.7 Å². The maximum absolute atomic E-state index is 13.3. The van der Waals surface area contributed by atoms with Gasteiger partial charge in [-0.05, 0) is 12.1 Å². The number of nitriles is 1. The van der Waals surface area contributed by atoms with Gasteiger partial charge in [-0.15, -0.1) is 0 Å². The minimum Gasteiger partial charge on any atom is -0.435 e. The highest BCUT2D eigenvalue weighted by Gasteiger charge is 2.13. The van der Waals surface area contributed by atoms with Crippen LogP contribution < -0.4 is 10.5 Å². The van der Waals surface area contributed by atoms with Crippen LogP contribution in [-0.4, -0.2) is 9.97 Å². The number of nitrogens with zero attached hydrogens (tertiary/aromatic N) is 3. The maximum Gasteiger partial charge on any atom is 0.247 e. The first-order valence-corrected chi connectivity index (χ1v) is 5.13. The number of rotatable bonds is 2. The lowest BCUT2D eigenvalue weighted by atomic mass is 10.2. The summed E-state index contributed by atoms with van der Waals surface area (Å²) in [5, 5.41) is 8.86. The molecule has 0 spiro atoms. The molecule has 7 heteroatoms. The van der Waals surface area contributed by atoms with Gasteiger partial charge in [0.25, 0.3) is 0 Å². The number of halogens is 2. The van der Waals surface area contributed by atoms with Crippen LogP contribution in [0.25, 0.3) is 0 Å². The third-order valence-electron chi connectivity index (χ3n) is 2.09. The molecular formula is C11H6ClFN4O. The Morgan fingerprint density at radius 3 is 2.89 bits per heavy atom. The van der Waals surface area contributed by atoms with Crippen LogP contribution in [0.15, 0.2) is 24.5 Å². The normalized spacial score (nSPS) is 9.83. The number of benzene rings is 1. The van der Waals surface area contributed by atoms with Gasteiger partial charge < -0.3 is 10.5 Å². The summed E-state index contributed by atoms with van der Waals surface area (Å²) in [5.41, 5.74) is 5.39. The summed E-state index contributed by atoms with van der Waals surface area (Å²) in [6.07, 6.45) is 1.15. The summed E-state index contributed by atoms with van der Waals surface area (Å²) in [6.45, 7) is 0. The summed E-state index contributed by atoms with van der Waals surface area (Å²) in [5.74, 6) is -0.704. The van der Waals surface area contributed by atoms with Crippen molar-refractivity contribution in [3.05, 3.63) is 41.1 Å². The van der Waals surface area contributed by atoms with Crippen LogP contribution in [-0.2, 0) is 0 Å². The molecule has 0 bridgehead atoms. The lowest BCUT2D eigenvalue weighted by Crippen LogP contribution is -1.99. The van der Waals surface area contributed by atoms with Crippen molar-refractivity contribution in [2.75, 3.05) is 5.73 Å². The Morgan fingerprint density at radius 1 is 1.39 bits per heavy atom. The summed E-state index contributed by atoms with van der Waals surface area (Å²) < 4.78 is 18.6. The van der Waals surface area contributed by atoms with Crippen molar-refractivity contribution < 1.29 is 9.13 Å². The predicted molar refractivity (Wildman–Crippen MR) is 62.6 cm³/mol. The number of nitrogen functional groups attached to an aromatic ring is 1. The van der Waals surface area contributed by atoms with Crippen LogP contribution in [0.1, 0.15) is 5.56 Å². The number of anilines is 1. The SMILES string of the molecule is N#Cc1c(F)cccc1Oc1ncnc(Cl)c1N. The Balaban J connectivity index is 2.44. The smallest absolute Gasteiger partial charge is 0.247 e. The van der Waals surface area contributed by atoms with E-state index >= 15 is 0 Å². The molecule has 0 amide bonds. The second-order valence-corrected chi connectivity index (χ2v) is 3.57. The zero-order valence-corrected chi connectivity index (χ0v) is 9.65. The van der Waals surface area contributed by atoms with Crippen LogP contribution in [0.4, 0.5) is 10.1 Å². The Hall–Kier alpha value is -2.39. The van der Waals surface area contributed by atoms with Crippen molar-refractivity contribution in [1.29, 1.82) is 5.26 Å². The molecule has 2 rings (SSSR count). The van der Waals surface area contributed by atoms with Gasteiger partial charge in [-0.1, -0.05) is 17.7 Å². The molecular weight excluding hydrogens is 259 g/mol. The molecule has 0 atom stereocenters. The monoisotopic (exact) mass is 264 g/mol. The van der Waals surface area contributed by atoms with Crippen LogP contribution in [0.5, 0.6) is 11.6 Å². The number of aromatic nitrogens is 2. The number of hydrogen-bond donors (Lipinski definition) is 1. The van der Waals surface area contributed by atoms with E-state index in [0.29, 0.717) is 0 Å². The third-order valence-corrected chi connectivity index (χ3v) is 2.39. The average molecular weight is 265 g/mol. The molecule has 1 aromatic heterocycles. The Kier molecular flexibility index (Phi) is 3.26. The molecule has 0 saturated heterocycles. The fourth-order valence-electron chi connectivity index (χ4n) is 1.24. The molecule has 18 heavy (non-hydrogen) atoms. The van der Waals surface area contributed by atoms with E-state index in [0.717, 1.165) is 12.4 Å². The molecule has 2 N–H and O–H groups in total. The Morgan fingerprint density at radius 2 is 2.17 bits per heavy atom. The van der Waals surface area contributed by atoms with Crippen molar-refractivity contribution in [3.63, 3.8) is 0 Å². The number of nitrogens with two attached hydrogens (primary N) is 1. The maximum atomic E-state index is 13.3. The van der Waals surface area contributed by atoms with E-state index in [4.69, 9.17) is 27.3 Å². The first kappa shape index (κ1) is 12.1. The summed E-state index contributed by atoms with van der Waals surface area (Å²) >= 11 is 5.69. The first-order valence-electron chi connectivity index (χ1n) is 4.76. The van der Waals surface area contributed by atoms with E-state index in [2.05, 4.69) is 9.97 Å². The minimum atomic E-state index is -0.686. The molecule has 0 aliphatic rings. The van der Waals surface area contributed by atoms with E-state index in [1.807, 2.05) is 0 Å². The van der Waals surface area contributed by atoms with Crippen molar-refractivity contribution >= 4 is 17.3 Å². The number of ether oxygens (including phenoxy) is 1. The van der Waals surface area contributed by atoms with Gasteiger partial charge >= 0.3 is 0 Å². The van der Waals surface area contributed by atoms with Gasteiger partial charge in [-0.3, -0.25) is 0 Å². The fraction of sp³-hybridized carbons (Fsp3) is 0. The lowest BCUT2D eigenvalue weighted by molar-refractivity contribution is 0.457. The highest BCUT2D eigenvalue weighted by molar-refractivity contribution is 6.32. The molecule has 90 valence electrons. The molecule has 1 aromatic carbocycles. The van der Waals surface area contributed by atoms with E-state index in [1.165, 1.54) is 12.1 Å². The van der Waals surface area contributed by atoms with Gasteiger partial charge in [0.1, 0.15) is 35.2 Å². The average Bonchev–Trinajstić information content (AvgIpc) is 2.35. The molecule has 0 fully saturated rings. The van der Waals surface area contributed by atoms with E-state index < -0.39 is 5.82 Å². The van der Waals surface area contributed by atoms with Gasteiger partial charge in [0.05, 0.1) is 0 Å². The summed E-state index contributed by atoms with van der Waals surface area (Å²) in [7, 11) is 0. The second-order valence-electron chi connectivity index (χ2n) is 3.21. The Labute approximate surface area is 107 Å². The Bertz CT molecular complexity index is 641. The summed E-state index contributed by atoms with van der Waals surface area (Å²) in [6, 6.07) is 5.69. The minimum absolute atomic E-state index is 0.0129. The van der Waals surface area contributed by atoms with Gasteiger partial charge in [0.15, 0.2) is 5.15 Å². The summed E-state index contributed by atoms with van der Waals surface area (Å²) in [4.78, 5) is 7.42. The van der Waals surface area contributed by atoms with Gasteiger partial charge in [-0.2, -0.15) is 10.2 Å². The van der Waals surface area contributed by atoms with E-state index in [-0.39, 0.29) is 28.0 Å². The topological polar surface area (TPSA) is 84.8 Å². The molecule has 5 nitrogen and oxygen atoms in total. The molecule has 0 radical (unpaired) electrons. The first-order chi connectivity index (χ1) is 8.63. The quantitative estimate of drug-likeness (QED) is 0.843. The molecule has 1 heterocycles. The van der Waals surface area contributed by atoms with Crippen molar-refractivity contribution in [1.82, 2.24) is 9.97 Å². The van der Waals surface area contributed by atoms with Crippen LogP contribution in [0.2, 0.25) is 5.15 Å². The molecule has 0 unspecified atom stereocenters. The van der Waals surface area contributed by atoms with Gasteiger partial charge in [-0.25, -0.2) is 9.37 Å². The molecule has 2 aromatic rings. The van der Waals surface area contributed by atoms with Gasteiger partial charge in [0.2, 0.25) is 5.88 Å². The van der Waals surface area contributed by atoms with E-state index in [9.17, 15) is 4.39 Å². The second kappa shape index (κ2) is 4.85. The van der Waals surface area contributed by atoms with Crippen LogP contribution in [0, 0.1) is 17.1 Å². The fourth-order valence-corrected chi connectivity index (χ4v) is 1.37. The zero-order valence-electron chi connectivity index (χ0n) is 8.89. The van der Waals surface area contributed by atoms with Crippen LogP contribution in [0.3, 0.4) is 0 Å². The van der Waals surface area contributed by atoms with E-state index in [1.54, 1.807) is 6.07 Å². The standard InChI is InChI=1S/C11H6ClFN4O/c12-10-9(15)11(17-5-16-10)18-8-3-1-2-7(13)6(8)4-14/h1-3,5H,15H2. The largest absolute Gasteiger partial charge is 0.435 e. The molecule has 0 aliphatic heterocycles. The lowest BCUT2D eigenvalue weighted by Gasteiger charge is -2.08. The van der Waals surface area contributed by atoms with Crippen LogP contribution >= 0.6 is 11.6 Å². The van der Waals surface area contributed by atoms with Crippen molar-refractivity contribution in [2.24, 2.45) is 0 Å². The number of hydrogen-bond acceptors (Lipinski definition) is 5. The van der Waals surface area contributed by atoms with Crippen molar-refractivity contribution in [2.45, 2.75) is 0 Å². The predicted octanol–water partition coefficient (Wildman–Crippen LogP) is 2.52. The molecule has 0 aliphatic carbocycles.